The molecular weight excluding hydrogens is 571 g/mol. The molecule has 3 aromatic rings. The third-order valence-corrected chi connectivity index (χ3v) is 7.32. The van der Waals surface area contributed by atoms with Crippen LogP contribution in [0.25, 0.3) is 6.08 Å². The van der Waals surface area contributed by atoms with Gasteiger partial charge in [0.25, 0.3) is 17.1 Å². The third kappa shape index (κ3) is 6.63. The first-order chi connectivity index (χ1) is 18.1. The molecule has 38 heavy (non-hydrogen) atoms. The molecule has 1 aliphatic rings. The van der Waals surface area contributed by atoms with Crippen molar-refractivity contribution in [1.82, 2.24) is 4.90 Å². The van der Waals surface area contributed by atoms with Crippen molar-refractivity contribution in [2.75, 3.05) is 19.0 Å². The summed E-state index contributed by atoms with van der Waals surface area (Å²) in [5.41, 5.74) is 2.85. The molecule has 196 valence electrons. The van der Waals surface area contributed by atoms with E-state index in [2.05, 4.69) is 5.32 Å². The fourth-order valence-corrected chi connectivity index (χ4v) is 5.06. The van der Waals surface area contributed by atoms with Crippen LogP contribution in [0.15, 0.2) is 59.5 Å². The van der Waals surface area contributed by atoms with Gasteiger partial charge in [0.15, 0.2) is 18.1 Å². The molecule has 1 saturated heterocycles. The molecule has 1 aliphatic heterocycles. The summed E-state index contributed by atoms with van der Waals surface area (Å²) in [6, 6.07) is 15.5. The Morgan fingerprint density at radius 1 is 1.03 bits per heavy atom. The van der Waals surface area contributed by atoms with Gasteiger partial charge in [-0.25, -0.2) is 0 Å². The van der Waals surface area contributed by atoms with Crippen molar-refractivity contribution in [1.29, 1.82) is 0 Å². The van der Waals surface area contributed by atoms with Crippen molar-refractivity contribution < 1.29 is 23.9 Å². The highest BCUT2D eigenvalue weighted by molar-refractivity contribution is 8.18. The Kier molecular flexibility index (Phi) is 8.89. The second kappa shape index (κ2) is 12.1. The highest BCUT2D eigenvalue weighted by Gasteiger charge is 2.35. The van der Waals surface area contributed by atoms with Gasteiger partial charge in [-0.15, -0.1) is 0 Å². The average Bonchev–Trinajstić information content (AvgIpc) is 3.12. The van der Waals surface area contributed by atoms with Gasteiger partial charge in [-0.2, -0.15) is 0 Å². The number of hydrogen-bond acceptors (Lipinski definition) is 6. The molecule has 0 aromatic heterocycles. The summed E-state index contributed by atoms with van der Waals surface area (Å²) in [6.45, 7) is 1.69. The van der Waals surface area contributed by atoms with E-state index in [9.17, 15) is 14.4 Å². The van der Waals surface area contributed by atoms with Crippen LogP contribution in [0.1, 0.15) is 16.7 Å². The number of aryl methyl sites for hydroxylation is 1. The van der Waals surface area contributed by atoms with Crippen LogP contribution in [0.5, 0.6) is 11.5 Å². The number of amides is 3. The first-order valence-corrected chi connectivity index (χ1v) is 13.2. The van der Waals surface area contributed by atoms with Gasteiger partial charge < -0.3 is 14.8 Å². The molecule has 1 N–H and O–H groups in total. The molecule has 0 atom stereocenters. The molecule has 11 heteroatoms. The molecule has 0 radical (unpaired) electrons. The smallest absolute Gasteiger partial charge is 0.293 e. The largest absolute Gasteiger partial charge is 0.493 e. The lowest BCUT2D eigenvalue weighted by atomic mass is 10.1. The summed E-state index contributed by atoms with van der Waals surface area (Å²) in [4.78, 5) is 39.2. The minimum absolute atomic E-state index is 0.0559. The van der Waals surface area contributed by atoms with Crippen LogP contribution in [0.2, 0.25) is 15.1 Å². The topological polar surface area (TPSA) is 84.9 Å². The molecular formula is C27H21Cl3N2O5S. The molecule has 0 spiro atoms. The van der Waals surface area contributed by atoms with Crippen molar-refractivity contribution in [2.24, 2.45) is 0 Å². The number of nitrogens with one attached hydrogen (secondary N) is 1. The Morgan fingerprint density at radius 2 is 1.82 bits per heavy atom. The standard InChI is InChI=1S/C27H21Cl3N2O5S/c1-15-4-3-5-18(8-15)31-24(33)14-37-25-21(30)10-17(11-22(25)36-2)12-23-26(34)32(27(35)38-23)13-16-6-7-19(28)20(29)9-16/h3-12H,13-14H2,1-2H3,(H,31,33)/b23-12-. The van der Waals surface area contributed by atoms with Crippen LogP contribution < -0.4 is 14.8 Å². The first-order valence-electron chi connectivity index (χ1n) is 11.2. The van der Waals surface area contributed by atoms with Crippen LogP contribution in [0.3, 0.4) is 0 Å². The predicted octanol–water partition coefficient (Wildman–Crippen LogP) is 7.22. The number of benzene rings is 3. The number of thioether (sulfide) groups is 1. The van der Waals surface area contributed by atoms with Gasteiger partial charge in [0, 0.05) is 5.69 Å². The molecule has 7 nitrogen and oxygen atoms in total. The van der Waals surface area contributed by atoms with Crippen LogP contribution in [-0.2, 0) is 16.1 Å². The number of carbonyl (C=O) groups is 3. The maximum absolute atomic E-state index is 13.0. The summed E-state index contributed by atoms with van der Waals surface area (Å²) in [7, 11) is 1.43. The molecule has 0 bridgehead atoms. The quantitative estimate of drug-likeness (QED) is 0.279. The zero-order valence-electron chi connectivity index (χ0n) is 20.2. The van der Waals surface area contributed by atoms with Gasteiger partial charge in [-0.1, -0.05) is 53.0 Å². The number of methoxy groups -OCH3 is 1. The molecule has 3 amide bonds. The molecule has 0 saturated carbocycles. The van der Waals surface area contributed by atoms with E-state index < -0.39 is 11.1 Å². The maximum Gasteiger partial charge on any atom is 0.293 e. The normalized spacial score (nSPS) is 14.2. The SMILES string of the molecule is COc1cc(/C=C2\SC(=O)N(Cc3ccc(Cl)c(Cl)c3)C2=O)cc(Cl)c1OCC(=O)Nc1cccc(C)c1. The third-order valence-electron chi connectivity index (χ3n) is 5.40. The summed E-state index contributed by atoms with van der Waals surface area (Å²) in [5, 5.41) is 3.24. The van der Waals surface area contributed by atoms with E-state index in [0.29, 0.717) is 26.9 Å². The summed E-state index contributed by atoms with van der Waals surface area (Å²) < 4.78 is 11.0. The monoisotopic (exact) mass is 590 g/mol. The highest BCUT2D eigenvalue weighted by atomic mass is 35.5. The van der Waals surface area contributed by atoms with Crippen molar-refractivity contribution in [3.8, 4) is 11.5 Å². The van der Waals surface area contributed by atoms with E-state index in [-0.39, 0.29) is 40.5 Å². The predicted molar refractivity (Wildman–Crippen MR) is 151 cm³/mol. The van der Waals surface area contributed by atoms with Crippen LogP contribution >= 0.6 is 46.6 Å². The lowest BCUT2D eigenvalue weighted by Gasteiger charge is -2.14. The number of halogens is 3. The number of anilines is 1. The Bertz CT molecular complexity index is 1460. The van der Waals surface area contributed by atoms with E-state index in [0.717, 1.165) is 22.2 Å². The second-order valence-electron chi connectivity index (χ2n) is 8.26. The average molecular weight is 592 g/mol. The van der Waals surface area contributed by atoms with E-state index in [1.807, 2.05) is 25.1 Å². The zero-order chi connectivity index (χ0) is 27.4. The lowest BCUT2D eigenvalue weighted by Crippen LogP contribution is -2.27. The van der Waals surface area contributed by atoms with E-state index >= 15 is 0 Å². The minimum Gasteiger partial charge on any atom is -0.493 e. The maximum atomic E-state index is 13.0. The Morgan fingerprint density at radius 3 is 2.53 bits per heavy atom. The highest BCUT2D eigenvalue weighted by Crippen LogP contribution is 2.39. The summed E-state index contributed by atoms with van der Waals surface area (Å²) in [6.07, 6.45) is 1.54. The molecule has 0 aliphatic carbocycles. The van der Waals surface area contributed by atoms with Crippen LogP contribution in [0.4, 0.5) is 10.5 Å². The minimum atomic E-state index is -0.450. The number of carbonyl (C=O) groups excluding carboxylic acids is 3. The number of rotatable bonds is 8. The van der Waals surface area contributed by atoms with Gasteiger partial charge >= 0.3 is 0 Å². The molecule has 1 fully saturated rings. The van der Waals surface area contributed by atoms with Crippen molar-refractivity contribution in [3.05, 3.63) is 91.3 Å². The van der Waals surface area contributed by atoms with Crippen LogP contribution in [-0.4, -0.2) is 35.7 Å². The molecule has 4 rings (SSSR count). The molecule has 1 heterocycles. The summed E-state index contributed by atoms with van der Waals surface area (Å²) in [5.74, 6) is -0.372. The first kappa shape index (κ1) is 27.9. The van der Waals surface area contributed by atoms with E-state index in [1.54, 1.807) is 42.5 Å². The van der Waals surface area contributed by atoms with Crippen LogP contribution in [0, 0.1) is 6.92 Å². The molecule has 0 unspecified atom stereocenters. The van der Waals surface area contributed by atoms with Crippen molar-refractivity contribution >= 4 is 75.4 Å². The lowest BCUT2D eigenvalue weighted by molar-refractivity contribution is -0.123. The summed E-state index contributed by atoms with van der Waals surface area (Å²) >= 11 is 19.2. The number of ether oxygens (including phenoxy) is 2. The Hall–Kier alpha value is -3.17. The van der Waals surface area contributed by atoms with E-state index in [4.69, 9.17) is 44.3 Å². The fourth-order valence-electron chi connectivity index (χ4n) is 3.63. The van der Waals surface area contributed by atoms with Gasteiger partial charge in [0.1, 0.15) is 0 Å². The molecule has 3 aromatic carbocycles. The van der Waals surface area contributed by atoms with Crippen molar-refractivity contribution in [2.45, 2.75) is 13.5 Å². The van der Waals surface area contributed by atoms with Gasteiger partial charge in [-0.05, 0) is 77.9 Å². The number of imide groups is 1. The van der Waals surface area contributed by atoms with Gasteiger partial charge in [-0.3, -0.25) is 19.3 Å². The van der Waals surface area contributed by atoms with E-state index in [1.165, 1.54) is 7.11 Å². The van der Waals surface area contributed by atoms with Gasteiger partial charge in [0.2, 0.25) is 0 Å². The Balaban J connectivity index is 1.47. The zero-order valence-corrected chi connectivity index (χ0v) is 23.3. The second-order valence-corrected chi connectivity index (χ2v) is 10.5. The van der Waals surface area contributed by atoms with Crippen molar-refractivity contribution in [3.63, 3.8) is 0 Å². The number of nitrogens with zero attached hydrogens (tertiary/aromatic N) is 1. The Labute approximate surface area is 238 Å². The number of hydrogen-bond donors (Lipinski definition) is 1. The van der Waals surface area contributed by atoms with Gasteiger partial charge in [0.05, 0.1) is 33.6 Å². The fraction of sp³-hybridized carbons (Fsp3) is 0.148.